The molecule has 1 heterocycles. The smallest absolute Gasteiger partial charge is 0.180 e. The van der Waals surface area contributed by atoms with Gasteiger partial charge >= 0.3 is 0 Å². The molecule has 0 radical (unpaired) electrons. The maximum absolute atomic E-state index is 5.08. The second-order valence-corrected chi connectivity index (χ2v) is 3.11. The highest BCUT2D eigenvalue weighted by Gasteiger charge is 1.99. The lowest BCUT2D eigenvalue weighted by atomic mass is 10.1. The minimum atomic E-state index is 0.730. The Bertz CT molecular complexity index is 196. The molecule has 0 aliphatic carbocycles. The van der Waals surface area contributed by atoms with E-state index in [1.54, 1.807) is 6.20 Å². The van der Waals surface area contributed by atoms with E-state index in [4.69, 9.17) is 4.42 Å². The predicted molar refractivity (Wildman–Crippen MR) is 47.7 cm³/mol. The summed E-state index contributed by atoms with van der Waals surface area (Å²) in [5.74, 6) is 1.63. The van der Waals surface area contributed by atoms with Crippen molar-refractivity contribution in [2.75, 3.05) is 6.54 Å². The van der Waals surface area contributed by atoms with Crippen molar-refractivity contribution in [1.82, 2.24) is 10.3 Å². The zero-order valence-electron chi connectivity index (χ0n) is 7.71. The molecule has 3 nitrogen and oxygen atoms in total. The fourth-order valence-corrected chi connectivity index (χ4v) is 0.916. The van der Waals surface area contributed by atoms with Crippen LogP contribution < -0.4 is 5.32 Å². The van der Waals surface area contributed by atoms with Crippen LogP contribution in [0.2, 0.25) is 0 Å². The van der Waals surface area contributed by atoms with E-state index in [0.29, 0.717) is 0 Å². The molecule has 0 bridgehead atoms. The molecule has 12 heavy (non-hydrogen) atoms. The van der Waals surface area contributed by atoms with Gasteiger partial charge in [-0.3, -0.25) is 0 Å². The van der Waals surface area contributed by atoms with Crippen molar-refractivity contribution in [3.63, 3.8) is 0 Å². The Morgan fingerprint density at radius 3 is 3.08 bits per heavy atom. The molecule has 0 saturated carbocycles. The van der Waals surface area contributed by atoms with E-state index in [1.807, 2.05) is 0 Å². The van der Waals surface area contributed by atoms with Gasteiger partial charge in [-0.15, -0.1) is 0 Å². The molecule has 0 spiro atoms. The van der Waals surface area contributed by atoms with Crippen LogP contribution in [0.3, 0.4) is 0 Å². The molecule has 0 aliphatic heterocycles. The number of rotatable bonds is 5. The first kappa shape index (κ1) is 9.26. The van der Waals surface area contributed by atoms with Crippen molar-refractivity contribution in [2.45, 2.75) is 26.8 Å². The van der Waals surface area contributed by atoms with Crippen LogP contribution in [-0.4, -0.2) is 11.5 Å². The van der Waals surface area contributed by atoms with Crippen LogP contribution in [0.1, 0.15) is 26.0 Å². The van der Waals surface area contributed by atoms with Gasteiger partial charge in [0.2, 0.25) is 0 Å². The minimum absolute atomic E-state index is 0.730. The fraction of sp³-hybridized carbons (Fsp3) is 0.667. The van der Waals surface area contributed by atoms with Crippen molar-refractivity contribution in [2.24, 2.45) is 5.92 Å². The summed E-state index contributed by atoms with van der Waals surface area (Å²) in [6.07, 6.45) is 4.41. The van der Waals surface area contributed by atoms with E-state index >= 15 is 0 Å². The van der Waals surface area contributed by atoms with Gasteiger partial charge in [-0.05, 0) is 12.5 Å². The number of nitrogens with one attached hydrogen (secondary N) is 1. The first-order valence-corrected chi connectivity index (χ1v) is 4.41. The Hall–Kier alpha value is -0.830. The third-order valence-electron chi connectivity index (χ3n) is 1.97. The zero-order chi connectivity index (χ0) is 8.81. The van der Waals surface area contributed by atoms with Crippen molar-refractivity contribution in [3.8, 4) is 0 Å². The largest absolute Gasteiger partial charge is 0.447 e. The molecule has 0 aliphatic rings. The van der Waals surface area contributed by atoms with E-state index in [0.717, 1.165) is 24.8 Å². The molecule has 1 aromatic rings. The van der Waals surface area contributed by atoms with Crippen LogP contribution in [0, 0.1) is 5.92 Å². The highest BCUT2D eigenvalue weighted by atomic mass is 16.3. The standard InChI is InChI=1S/C9H16N2O/c1-3-8(2)4-10-5-9-6-11-7-12-9/h6-8,10H,3-5H2,1-2H3. The maximum atomic E-state index is 5.08. The van der Waals surface area contributed by atoms with Crippen LogP contribution in [0.25, 0.3) is 0 Å². The van der Waals surface area contributed by atoms with E-state index in [1.165, 1.54) is 12.8 Å². The summed E-state index contributed by atoms with van der Waals surface area (Å²) in [6.45, 7) is 6.25. The van der Waals surface area contributed by atoms with E-state index < -0.39 is 0 Å². The number of aromatic nitrogens is 1. The van der Waals surface area contributed by atoms with Gasteiger partial charge in [0, 0.05) is 0 Å². The summed E-state index contributed by atoms with van der Waals surface area (Å²) in [5.41, 5.74) is 0. The van der Waals surface area contributed by atoms with Crippen LogP contribution in [-0.2, 0) is 6.54 Å². The molecule has 1 N–H and O–H groups in total. The molecule has 1 rings (SSSR count). The maximum Gasteiger partial charge on any atom is 0.180 e. The normalized spacial score (nSPS) is 13.2. The van der Waals surface area contributed by atoms with Crippen molar-refractivity contribution in [1.29, 1.82) is 0 Å². The lowest BCUT2D eigenvalue weighted by Crippen LogP contribution is -2.19. The minimum Gasteiger partial charge on any atom is -0.447 e. The van der Waals surface area contributed by atoms with Gasteiger partial charge in [-0.1, -0.05) is 20.3 Å². The average Bonchev–Trinajstić information content (AvgIpc) is 2.57. The second kappa shape index (κ2) is 4.93. The first-order chi connectivity index (χ1) is 5.83. The number of hydrogen-bond acceptors (Lipinski definition) is 3. The Balaban J connectivity index is 2.11. The highest BCUT2D eigenvalue weighted by molar-refractivity contribution is 4.86. The molecule has 3 heteroatoms. The van der Waals surface area contributed by atoms with Crippen LogP contribution in [0.5, 0.6) is 0 Å². The third-order valence-corrected chi connectivity index (χ3v) is 1.97. The molecule has 68 valence electrons. The Kier molecular flexibility index (Phi) is 3.80. The number of hydrogen-bond donors (Lipinski definition) is 1. The third kappa shape index (κ3) is 3.05. The molecular weight excluding hydrogens is 152 g/mol. The zero-order valence-corrected chi connectivity index (χ0v) is 7.71. The van der Waals surface area contributed by atoms with E-state index in [-0.39, 0.29) is 0 Å². The molecule has 0 aromatic carbocycles. The number of oxazole rings is 1. The van der Waals surface area contributed by atoms with Gasteiger partial charge in [0.15, 0.2) is 6.39 Å². The van der Waals surface area contributed by atoms with Gasteiger partial charge in [-0.25, -0.2) is 4.98 Å². The summed E-state index contributed by atoms with van der Waals surface area (Å²) in [7, 11) is 0. The Morgan fingerprint density at radius 1 is 1.67 bits per heavy atom. The molecule has 0 fully saturated rings. The monoisotopic (exact) mass is 168 g/mol. The fourth-order valence-electron chi connectivity index (χ4n) is 0.916. The topological polar surface area (TPSA) is 38.1 Å². The van der Waals surface area contributed by atoms with Gasteiger partial charge < -0.3 is 9.73 Å². The van der Waals surface area contributed by atoms with Crippen LogP contribution >= 0.6 is 0 Å². The molecule has 0 amide bonds. The lowest BCUT2D eigenvalue weighted by molar-refractivity contribution is 0.447. The summed E-state index contributed by atoms with van der Waals surface area (Å²) in [6, 6.07) is 0. The van der Waals surface area contributed by atoms with Gasteiger partial charge in [0.25, 0.3) is 0 Å². The Morgan fingerprint density at radius 2 is 2.50 bits per heavy atom. The SMILES string of the molecule is CCC(C)CNCc1cnco1. The molecule has 0 saturated heterocycles. The second-order valence-electron chi connectivity index (χ2n) is 3.11. The summed E-state index contributed by atoms with van der Waals surface area (Å²) in [5, 5.41) is 3.30. The average molecular weight is 168 g/mol. The number of nitrogens with zero attached hydrogens (tertiary/aromatic N) is 1. The van der Waals surface area contributed by atoms with Gasteiger partial charge in [0.05, 0.1) is 12.7 Å². The summed E-state index contributed by atoms with van der Waals surface area (Å²) >= 11 is 0. The van der Waals surface area contributed by atoms with Gasteiger partial charge in [0.1, 0.15) is 5.76 Å². The van der Waals surface area contributed by atoms with E-state index in [9.17, 15) is 0 Å². The molecular formula is C9H16N2O. The first-order valence-electron chi connectivity index (χ1n) is 4.41. The van der Waals surface area contributed by atoms with Gasteiger partial charge in [-0.2, -0.15) is 0 Å². The molecule has 1 atom stereocenters. The lowest BCUT2D eigenvalue weighted by Gasteiger charge is -2.07. The van der Waals surface area contributed by atoms with Crippen LogP contribution in [0.15, 0.2) is 17.0 Å². The summed E-state index contributed by atoms with van der Waals surface area (Å²) in [4.78, 5) is 3.83. The predicted octanol–water partition coefficient (Wildman–Crippen LogP) is 1.81. The van der Waals surface area contributed by atoms with Crippen LogP contribution in [0.4, 0.5) is 0 Å². The quantitative estimate of drug-likeness (QED) is 0.728. The van der Waals surface area contributed by atoms with E-state index in [2.05, 4.69) is 24.1 Å². The van der Waals surface area contributed by atoms with Crippen molar-refractivity contribution >= 4 is 0 Å². The van der Waals surface area contributed by atoms with Crippen molar-refractivity contribution in [3.05, 3.63) is 18.4 Å². The molecule has 1 aromatic heterocycles. The summed E-state index contributed by atoms with van der Waals surface area (Å²) < 4.78 is 5.08. The molecule has 1 unspecified atom stereocenters. The van der Waals surface area contributed by atoms with Crippen molar-refractivity contribution < 1.29 is 4.42 Å². The highest BCUT2D eigenvalue weighted by Crippen LogP contribution is 1.99. The Labute approximate surface area is 73.2 Å².